The number of rotatable bonds is 0. The van der Waals surface area contributed by atoms with Gasteiger partial charge in [-0.15, -0.1) is 0 Å². The molecule has 2 nitrogen and oxygen atoms in total. The maximum atomic E-state index is 2.30. The number of benzene rings is 4. The van der Waals surface area contributed by atoms with Crippen molar-refractivity contribution in [1.29, 1.82) is 0 Å². The molecule has 1 aliphatic heterocycles. The van der Waals surface area contributed by atoms with Crippen molar-refractivity contribution >= 4 is 33.2 Å². The molecule has 0 spiro atoms. The maximum absolute atomic E-state index is 2.30. The van der Waals surface area contributed by atoms with Gasteiger partial charge in [-0.2, -0.15) is 0 Å². The summed E-state index contributed by atoms with van der Waals surface area (Å²) in [6, 6.07) is 26.8. The van der Waals surface area contributed by atoms with E-state index in [1.807, 2.05) is 0 Å². The summed E-state index contributed by atoms with van der Waals surface area (Å²) in [4.78, 5) is 2.30. The first-order valence-electron chi connectivity index (χ1n) is 11.7. The fourth-order valence-electron chi connectivity index (χ4n) is 5.12. The van der Waals surface area contributed by atoms with E-state index in [0.29, 0.717) is 0 Å². The largest absolute Gasteiger partial charge is 0.344 e. The van der Waals surface area contributed by atoms with E-state index in [1.165, 1.54) is 66.6 Å². The summed E-state index contributed by atoms with van der Waals surface area (Å²) in [7, 11) is 4.30. The first-order chi connectivity index (χ1) is 15.8. The Morgan fingerprint density at radius 1 is 0.515 bits per heavy atom. The molecule has 2 heterocycles. The van der Waals surface area contributed by atoms with E-state index >= 15 is 0 Å². The van der Waals surface area contributed by atoms with Gasteiger partial charge in [-0.1, -0.05) is 59.7 Å². The van der Waals surface area contributed by atoms with Gasteiger partial charge in [-0.05, 0) is 74.2 Å². The molecule has 0 saturated heterocycles. The van der Waals surface area contributed by atoms with Gasteiger partial charge in [-0.3, -0.25) is 0 Å². The Labute approximate surface area is 197 Å². The van der Waals surface area contributed by atoms with E-state index in [4.69, 9.17) is 0 Å². The van der Waals surface area contributed by atoms with Gasteiger partial charge in [0, 0.05) is 53.7 Å². The first-order valence-corrected chi connectivity index (χ1v) is 11.7. The summed E-state index contributed by atoms with van der Waals surface area (Å²) in [5, 5.41) is 2.70. The second-order valence-corrected chi connectivity index (χ2v) is 9.60. The van der Waals surface area contributed by atoms with Crippen LogP contribution in [0.15, 0.2) is 72.8 Å². The van der Waals surface area contributed by atoms with E-state index in [2.05, 4.69) is 124 Å². The van der Waals surface area contributed by atoms with Crippen LogP contribution in [-0.2, 0) is 13.5 Å². The van der Waals surface area contributed by atoms with Crippen molar-refractivity contribution in [2.24, 2.45) is 7.05 Å². The normalized spacial score (nSPS) is 12.4. The summed E-state index contributed by atoms with van der Waals surface area (Å²) in [5.41, 5.74) is 13.5. The Morgan fingerprint density at radius 3 is 1.36 bits per heavy atom. The molecule has 33 heavy (non-hydrogen) atoms. The quantitative estimate of drug-likeness (QED) is 0.241. The van der Waals surface area contributed by atoms with E-state index in [0.717, 1.165) is 6.42 Å². The highest BCUT2D eigenvalue weighted by atomic mass is 15.1. The minimum absolute atomic E-state index is 1.05. The summed E-state index contributed by atoms with van der Waals surface area (Å²) >= 11 is 0. The van der Waals surface area contributed by atoms with Crippen LogP contribution >= 0.6 is 0 Å². The molecule has 0 aliphatic carbocycles. The van der Waals surface area contributed by atoms with Gasteiger partial charge in [0.2, 0.25) is 0 Å². The number of hydrogen-bond donors (Lipinski definition) is 0. The fourth-order valence-corrected chi connectivity index (χ4v) is 5.12. The van der Waals surface area contributed by atoms with Crippen molar-refractivity contribution < 1.29 is 0 Å². The highest BCUT2D eigenvalue weighted by Crippen LogP contribution is 2.38. The van der Waals surface area contributed by atoms with E-state index in [-0.39, 0.29) is 0 Å². The number of aryl methyl sites for hydroxylation is 5. The van der Waals surface area contributed by atoms with Crippen molar-refractivity contribution in [2.45, 2.75) is 34.1 Å². The summed E-state index contributed by atoms with van der Waals surface area (Å²) < 4.78 is 2.28. The number of anilines is 2. The lowest BCUT2D eigenvalue weighted by Gasteiger charge is -2.30. The van der Waals surface area contributed by atoms with Gasteiger partial charge in [0.25, 0.3) is 0 Å². The zero-order chi connectivity index (χ0) is 23.3. The molecule has 1 aromatic heterocycles. The van der Waals surface area contributed by atoms with Gasteiger partial charge >= 0.3 is 0 Å². The standard InChI is InChI=1S/C16H17N.C15H15N/c1-11-4-6-15-13(8-11)10-14-9-12(2)5-7-16(14)17(15)3;1-10-4-6-12-13-7-5-11(2)9-15(13)16(3)14(12)8-10/h4-9H,10H2,1-3H3;4-9H,1-3H3. The minimum Gasteiger partial charge on any atom is -0.344 e. The van der Waals surface area contributed by atoms with Crippen LogP contribution in [0.3, 0.4) is 0 Å². The summed E-state index contributed by atoms with van der Waals surface area (Å²) in [6.07, 6.45) is 1.05. The lowest BCUT2D eigenvalue weighted by molar-refractivity contribution is 1.01. The van der Waals surface area contributed by atoms with Gasteiger partial charge in [0.05, 0.1) is 0 Å². The molecule has 4 aromatic carbocycles. The van der Waals surface area contributed by atoms with Crippen LogP contribution in [0, 0.1) is 27.7 Å². The molecule has 0 atom stereocenters. The third-order valence-electron chi connectivity index (χ3n) is 6.89. The van der Waals surface area contributed by atoms with Gasteiger partial charge in [0.15, 0.2) is 0 Å². The molecule has 0 N–H and O–H groups in total. The van der Waals surface area contributed by atoms with Crippen molar-refractivity contribution in [3.8, 4) is 0 Å². The van der Waals surface area contributed by atoms with E-state index in [1.54, 1.807) is 0 Å². The smallest absolute Gasteiger partial charge is 0.0491 e. The van der Waals surface area contributed by atoms with Crippen LogP contribution < -0.4 is 4.90 Å². The summed E-state index contributed by atoms with van der Waals surface area (Å²) in [5.74, 6) is 0. The predicted octanol–water partition coefficient (Wildman–Crippen LogP) is 7.92. The zero-order valence-corrected chi connectivity index (χ0v) is 20.5. The lowest BCUT2D eigenvalue weighted by atomic mass is 9.94. The first kappa shape index (κ1) is 21.3. The highest BCUT2D eigenvalue weighted by Gasteiger charge is 2.19. The van der Waals surface area contributed by atoms with Crippen LogP contribution in [0.25, 0.3) is 21.8 Å². The van der Waals surface area contributed by atoms with Crippen LogP contribution in [-0.4, -0.2) is 11.6 Å². The number of hydrogen-bond acceptors (Lipinski definition) is 1. The molecule has 0 saturated carbocycles. The average Bonchev–Trinajstić information content (AvgIpc) is 3.04. The van der Waals surface area contributed by atoms with Crippen molar-refractivity contribution in [3.63, 3.8) is 0 Å². The minimum atomic E-state index is 1.05. The molecule has 2 heteroatoms. The monoisotopic (exact) mass is 432 g/mol. The Morgan fingerprint density at radius 2 is 0.909 bits per heavy atom. The Balaban J connectivity index is 0.000000139. The molecule has 0 amide bonds. The number of fused-ring (bicyclic) bond motifs is 5. The zero-order valence-electron chi connectivity index (χ0n) is 20.5. The van der Waals surface area contributed by atoms with Crippen LogP contribution in [0.5, 0.6) is 0 Å². The number of aromatic nitrogens is 1. The molecule has 0 radical (unpaired) electrons. The molecular formula is C31H32N2. The Bertz CT molecular complexity index is 1390. The maximum Gasteiger partial charge on any atom is 0.0491 e. The SMILES string of the molecule is Cc1ccc2c(c1)Cc1cc(C)ccc1N2C.Cc1ccc2c3ccc(C)cc3n(C)c2c1. The fraction of sp³-hybridized carbons (Fsp3) is 0.226. The van der Waals surface area contributed by atoms with Gasteiger partial charge < -0.3 is 9.47 Å². The van der Waals surface area contributed by atoms with Crippen molar-refractivity contribution in [3.05, 3.63) is 106 Å². The van der Waals surface area contributed by atoms with Crippen LogP contribution in [0.2, 0.25) is 0 Å². The molecular weight excluding hydrogens is 400 g/mol. The molecule has 0 fully saturated rings. The molecule has 0 bridgehead atoms. The van der Waals surface area contributed by atoms with E-state index < -0.39 is 0 Å². The lowest BCUT2D eigenvalue weighted by Crippen LogP contribution is -2.18. The molecule has 0 unspecified atom stereocenters. The van der Waals surface area contributed by atoms with E-state index in [9.17, 15) is 0 Å². The predicted molar refractivity (Wildman–Crippen MR) is 143 cm³/mol. The Hall–Kier alpha value is -3.52. The average molecular weight is 433 g/mol. The second-order valence-electron chi connectivity index (χ2n) is 9.60. The van der Waals surface area contributed by atoms with Crippen LogP contribution in [0.1, 0.15) is 33.4 Å². The summed E-state index contributed by atoms with van der Waals surface area (Å²) in [6.45, 7) is 8.60. The number of nitrogens with zero attached hydrogens (tertiary/aromatic N) is 2. The van der Waals surface area contributed by atoms with Crippen molar-refractivity contribution in [1.82, 2.24) is 4.57 Å². The molecule has 1 aliphatic rings. The van der Waals surface area contributed by atoms with Crippen molar-refractivity contribution in [2.75, 3.05) is 11.9 Å². The highest BCUT2D eigenvalue weighted by molar-refractivity contribution is 6.08. The third kappa shape index (κ3) is 3.80. The molecule has 166 valence electrons. The second kappa shape index (κ2) is 8.12. The topological polar surface area (TPSA) is 8.17 Å². The molecule has 6 rings (SSSR count). The third-order valence-corrected chi connectivity index (χ3v) is 6.89. The van der Waals surface area contributed by atoms with Crippen LogP contribution in [0.4, 0.5) is 11.4 Å². The Kier molecular flexibility index (Phi) is 5.25. The molecule has 5 aromatic rings. The van der Waals surface area contributed by atoms with Gasteiger partial charge in [0.1, 0.15) is 0 Å². The van der Waals surface area contributed by atoms with Gasteiger partial charge in [-0.25, -0.2) is 0 Å².